The molecule has 1 aromatic carbocycles. The topological polar surface area (TPSA) is 57.2 Å². The Morgan fingerprint density at radius 3 is 2.58 bits per heavy atom. The molecule has 1 heterocycles. The molecule has 0 aliphatic carbocycles. The van der Waals surface area contributed by atoms with Crippen molar-refractivity contribution in [1.29, 1.82) is 0 Å². The van der Waals surface area contributed by atoms with Gasteiger partial charge in [-0.3, -0.25) is 4.79 Å². The van der Waals surface area contributed by atoms with Crippen molar-refractivity contribution in [3.8, 4) is 5.75 Å². The molecule has 0 N–H and O–H groups in total. The molecule has 0 spiro atoms. The lowest BCUT2D eigenvalue weighted by Gasteiger charge is -2.40. The highest BCUT2D eigenvalue weighted by Gasteiger charge is 2.38. The molecule has 24 heavy (non-hydrogen) atoms. The summed E-state index contributed by atoms with van der Waals surface area (Å²) in [6.45, 7) is 2.89. The minimum Gasteiger partial charge on any atom is -0.496 e. The van der Waals surface area contributed by atoms with Crippen LogP contribution >= 0.6 is 0 Å². The molecule has 1 saturated heterocycles. The number of rotatable bonds is 6. The molecule has 1 fully saturated rings. The Morgan fingerprint density at radius 2 is 2.00 bits per heavy atom. The normalized spacial score (nSPS) is 23.8. The van der Waals surface area contributed by atoms with Crippen LogP contribution in [0, 0.1) is 6.92 Å². The Bertz CT molecular complexity index is 562. The Labute approximate surface area is 143 Å². The van der Waals surface area contributed by atoms with Crippen LogP contribution in [0.5, 0.6) is 5.75 Å². The monoisotopic (exact) mass is 337 g/mol. The maximum absolute atomic E-state index is 12.7. The number of benzene rings is 1. The van der Waals surface area contributed by atoms with Gasteiger partial charge < -0.3 is 23.8 Å². The standard InChI is InChI=1S/C18H27NO5/c1-12-8-13(6-7-15(12)21-3)9-17(20)19(2)14-10-24-11-16(22-4)18(14)23-5/h6-8,14,16,18H,9-11H2,1-5H3/t14-,16-,18+/m1/s1. The Morgan fingerprint density at radius 1 is 1.25 bits per heavy atom. The highest BCUT2D eigenvalue weighted by atomic mass is 16.6. The molecule has 2 rings (SSSR count). The minimum absolute atomic E-state index is 0.0203. The van der Waals surface area contributed by atoms with Gasteiger partial charge in [0, 0.05) is 21.3 Å². The maximum atomic E-state index is 12.7. The predicted octanol–water partition coefficient (Wildman–Crippen LogP) is 1.43. The predicted molar refractivity (Wildman–Crippen MR) is 90.4 cm³/mol. The quantitative estimate of drug-likeness (QED) is 0.786. The molecule has 1 aliphatic rings. The highest BCUT2D eigenvalue weighted by Crippen LogP contribution is 2.21. The van der Waals surface area contributed by atoms with E-state index in [2.05, 4.69) is 0 Å². The fourth-order valence-corrected chi connectivity index (χ4v) is 3.12. The van der Waals surface area contributed by atoms with Crippen molar-refractivity contribution < 1.29 is 23.7 Å². The molecular formula is C18H27NO5. The number of carbonyl (C=O) groups is 1. The molecule has 1 aliphatic heterocycles. The smallest absolute Gasteiger partial charge is 0.227 e. The van der Waals surface area contributed by atoms with Gasteiger partial charge >= 0.3 is 0 Å². The lowest BCUT2D eigenvalue weighted by molar-refractivity contribution is -0.164. The first-order chi connectivity index (χ1) is 11.5. The summed E-state index contributed by atoms with van der Waals surface area (Å²) in [7, 11) is 6.70. The Kier molecular flexibility index (Phi) is 6.60. The third-order valence-corrected chi connectivity index (χ3v) is 4.60. The summed E-state index contributed by atoms with van der Waals surface area (Å²) in [5.74, 6) is 0.842. The second-order valence-electron chi connectivity index (χ2n) is 6.06. The maximum Gasteiger partial charge on any atom is 0.227 e. The zero-order valence-corrected chi connectivity index (χ0v) is 15.1. The van der Waals surface area contributed by atoms with Gasteiger partial charge in [-0.15, -0.1) is 0 Å². The second-order valence-corrected chi connectivity index (χ2v) is 6.06. The molecule has 6 heteroatoms. The van der Waals surface area contributed by atoms with E-state index in [1.54, 1.807) is 33.3 Å². The van der Waals surface area contributed by atoms with E-state index in [-0.39, 0.29) is 24.2 Å². The number of aryl methyl sites for hydroxylation is 1. The van der Waals surface area contributed by atoms with Crippen molar-refractivity contribution in [3.63, 3.8) is 0 Å². The summed E-state index contributed by atoms with van der Waals surface area (Å²) >= 11 is 0. The summed E-state index contributed by atoms with van der Waals surface area (Å²) < 4.78 is 21.8. The third kappa shape index (κ3) is 4.06. The molecule has 134 valence electrons. The summed E-state index contributed by atoms with van der Waals surface area (Å²) in [6.07, 6.45) is -0.0473. The number of carbonyl (C=O) groups excluding carboxylic acids is 1. The Balaban J connectivity index is 2.06. The van der Waals surface area contributed by atoms with Gasteiger partial charge in [0.25, 0.3) is 0 Å². The number of likely N-dealkylation sites (N-methyl/N-ethyl adjacent to an activating group) is 1. The average Bonchev–Trinajstić information content (AvgIpc) is 2.60. The van der Waals surface area contributed by atoms with Crippen molar-refractivity contribution in [3.05, 3.63) is 29.3 Å². The molecule has 0 saturated carbocycles. The van der Waals surface area contributed by atoms with Gasteiger partial charge in [-0.25, -0.2) is 0 Å². The number of ether oxygens (including phenoxy) is 4. The number of hydrogen-bond acceptors (Lipinski definition) is 5. The van der Waals surface area contributed by atoms with E-state index in [1.165, 1.54) is 0 Å². The zero-order chi connectivity index (χ0) is 17.7. The van der Waals surface area contributed by atoms with Gasteiger partial charge in [0.2, 0.25) is 5.91 Å². The molecule has 6 nitrogen and oxygen atoms in total. The molecule has 0 radical (unpaired) electrons. The van der Waals surface area contributed by atoms with Gasteiger partial charge in [-0.2, -0.15) is 0 Å². The SMILES string of the molecule is COc1ccc(CC(=O)N(C)[C@@H]2COC[C@@H](OC)[C@H]2OC)cc1C. The fourth-order valence-electron chi connectivity index (χ4n) is 3.12. The van der Waals surface area contributed by atoms with Crippen molar-refractivity contribution >= 4 is 5.91 Å². The second kappa shape index (κ2) is 8.46. The van der Waals surface area contributed by atoms with Crippen LogP contribution in [0.15, 0.2) is 18.2 Å². The van der Waals surface area contributed by atoms with E-state index in [0.717, 1.165) is 16.9 Å². The molecule has 0 unspecified atom stereocenters. The molecule has 0 aromatic heterocycles. The van der Waals surface area contributed by atoms with E-state index in [0.29, 0.717) is 19.6 Å². The molecule has 3 atom stereocenters. The summed E-state index contributed by atoms with van der Waals surface area (Å²) in [5, 5.41) is 0. The van der Waals surface area contributed by atoms with Crippen LogP contribution in [-0.4, -0.2) is 70.6 Å². The van der Waals surface area contributed by atoms with E-state index < -0.39 is 0 Å². The average molecular weight is 337 g/mol. The largest absolute Gasteiger partial charge is 0.496 e. The first kappa shape index (κ1) is 18.7. The van der Waals surface area contributed by atoms with E-state index in [4.69, 9.17) is 18.9 Å². The van der Waals surface area contributed by atoms with E-state index in [9.17, 15) is 4.79 Å². The number of hydrogen-bond donors (Lipinski definition) is 0. The lowest BCUT2D eigenvalue weighted by Crippen LogP contribution is -2.57. The van der Waals surface area contributed by atoms with Crippen LogP contribution < -0.4 is 4.74 Å². The minimum atomic E-state index is -0.199. The third-order valence-electron chi connectivity index (χ3n) is 4.60. The fraction of sp³-hybridized carbons (Fsp3) is 0.611. The number of methoxy groups -OCH3 is 3. The van der Waals surface area contributed by atoms with Crippen molar-refractivity contribution in [1.82, 2.24) is 4.90 Å². The van der Waals surface area contributed by atoms with Gasteiger partial charge in [-0.1, -0.05) is 12.1 Å². The number of amides is 1. The van der Waals surface area contributed by atoms with Crippen LogP contribution in [0.1, 0.15) is 11.1 Å². The van der Waals surface area contributed by atoms with Gasteiger partial charge in [0.1, 0.15) is 18.0 Å². The van der Waals surface area contributed by atoms with Crippen molar-refractivity contribution in [2.75, 3.05) is 41.6 Å². The summed E-state index contributed by atoms with van der Waals surface area (Å²) in [6, 6.07) is 5.62. The van der Waals surface area contributed by atoms with E-state index in [1.807, 2.05) is 25.1 Å². The summed E-state index contributed by atoms with van der Waals surface area (Å²) in [5.41, 5.74) is 1.97. The van der Waals surface area contributed by atoms with Crippen molar-refractivity contribution in [2.24, 2.45) is 0 Å². The molecule has 1 amide bonds. The van der Waals surface area contributed by atoms with Crippen LogP contribution in [0.3, 0.4) is 0 Å². The van der Waals surface area contributed by atoms with Gasteiger partial charge in [0.15, 0.2) is 0 Å². The lowest BCUT2D eigenvalue weighted by atomic mass is 10.0. The van der Waals surface area contributed by atoms with Crippen molar-refractivity contribution in [2.45, 2.75) is 31.6 Å². The van der Waals surface area contributed by atoms with Crippen LogP contribution in [-0.2, 0) is 25.4 Å². The van der Waals surface area contributed by atoms with Gasteiger partial charge in [0.05, 0.1) is 32.8 Å². The number of nitrogens with zero attached hydrogens (tertiary/aromatic N) is 1. The molecule has 0 bridgehead atoms. The first-order valence-corrected chi connectivity index (χ1v) is 8.04. The van der Waals surface area contributed by atoms with Gasteiger partial charge in [-0.05, 0) is 24.1 Å². The zero-order valence-electron chi connectivity index (χ0n) is 15.1. The summed E-state index contributed by atoms with van der Waals surface area (Å²) in [4.78, 5) is 14.4. The first-order valence-electron chi connectivity index (χ1n) is 8.04. The van der Waals surface area contributed by atoms with Crippen LogP contribution in [0.4, 0.5) is 0 Å². The Hall–Kier alpha value is -1.63. The molecule has 1 aromatic rings. The van der Waals surface area contributed by atoms with Crippen LogP contribution in [0.25, 0.3) is 0 Å². The highest BCUT2D eigenvalue weighted by molar-refractivity contribution is 5.79. The van der Waals surface area contributed by atoms with E-state index >= 15 is 0 Å². The molecular weight excluding hydrogens is 310 g/mol. The van der Waals surface area contributed by atoms with Crippen LogP contribution in [0.2, 0.25) is 0 Å².